The number of piperazine rings is 1. The standard InChI is InChI=1S/C13H18N2O3S/c1-14-7-9-15(10-8-14)19(16,17)13-12(18-13)11-5-3-2-4-6-11/h2-6,12-13H,7-10H2,1H3. The molecule has 0 saturated carbocycles. The van der Waals surface area contributed by atoms with E-state index in [4.69, 9.17) is 4.74 Å². The third-order valence-corrected chi connectivity index (χ3v) is 5.73. The van der Waals surface area contributed by atoms with E-state index in [0.29, 0.717) is 13.1 Å². The summed E-state index contributed by atoms with van der Waals surface area (Å²) in [5, 5.41) is 0. The lowest BCUT2D eigenvalue weighted by molar-refractivity contribution is 0.220. The van der Waals surface area contributed by atoms with Gasteiger partial charge in [0.15, 0.2) is 0 Å². The molecule has 1 aromatic carbocycles. The van der Waals surface area contributed by atoms with Gasteiger partial charge in [0.1, 0.15) is 6.10 Å². The molecular weight excluding hydrogens is 264 g/mol. The highest BCUT2D eigenvalue weighted by atomic mass is 32.2. The Morgan fingerprint density at radius 1 is 1.11 bits per heavy atom. The van der Waals surface area contributed by atoms with Crippen molar-refractivity contribution in [2.45, 2.75) is 11.5 Å². The monoisotopic (exact) mass is 282 g/mol. The molecule has 0 radical (unpaired) electrons. The third kappa shape index (κ3) is 2.53. The number of sulfonamides is 1. The van der Waals surface area contributed by atoms with E-state index in [0.717, 1.165) is 18.7 Å². The quantitative estimate of drug-likeness (QED) is 0.764. The predicted molar refractivity (Wildman–Crippen MR) is 72.0 cm³/mol. The van der Waals surface area contributed by atoms with Crippen LogP contribution in [-0.4, -0.2) is 56.3 Å². The van der Waals surface area contributed by atoms with Gasteiger partial charge in [0.05, 0.1) is 0 Å². The van der Waals surface area contributed by atoms with Gasteiger partial charge in [-0.3, -0.25) is 0 Å². The van der Waals surface area contributed by atoms with Crippen molar-refractivity contribution in [1.29, 1.82) is 0 Å². The summed E-state index contributed by atoms with van der Waals surface area (Å²) in [6.45, 7) is 2.67. The number of epoxide rings is 1. The summed E-state index contributed by atoms with van der Waals surface area (Å²) in [5.41, 5.74) is 0.239. The lowest BCUT2D eigenvalue weighted by Crippen LogP contribution is -2.48. The van der Waals surface area contributed by atoms with E-state index in [1.54, 1.807) is 4.31 Å². The van der Waals surface area contributed by atoms with Crippen LogP contribution in [0.25, 0.3) is 0 Å². The molecule has 0 aromatic heterocycles. The summed E-state index contributed by atoms with van der Waals surface area (Å²) in [7, 11) is -1.32. The molecule has 5 nitrogen and oxygen atoms in total. The van der Waals surface area contributed by atoms with Crippen molar-refractivity contribution in [2.75, 3.05) is 33.2 Å². The molecule has 1 aromatic rings. The summed E-state index contributed by atoms with van der Waals surface area (Å²) >= 11 is 0. The van der Waals surface area contributed by atoms with Crippen molar-refractivity contribution < 1.29 is 13.2 Å². The van der Waals surface area contributed by atoms with Crippen LogP contribution in [-0.2, 0) is 14.8 Å². The Bertz CT molecular complexity index is 538. The number of benzene rings is 1. The fourth-order valence-electron chi connectivity index (χ4n) is 2.39. The second-order valence-corrected chi connectivity index (χ2v) is 7.09. The van der Waals surface area contributed by atoms with Gasteiger partial charge >= 0.3 is 0 Å². The summed E-state index contributed by atoms with van der Waals surface area (Å²) in [6.07, 6.45) is -0.300. The topological polar surface area (TPSA) is 53.2 Å². The van der Waals surface area contributed by atoms with Crippen molar-refractivity contribution in [3.63, 3.8) is 0 Å². The Morgan fingerprint density at radius 3 is 2.37 bits per heavy atom. The maximum Gasteiger partial charge on any atom is 0.244 e. The minimum atomic E-state index is -3.33. The second-order valence-electron chi connectivity index (χ2n) is 5.08. The minimum Gasteiger partial charge on any atom is -0.346 e. The van der Waals surface area contributed by atoms with Crippen LogP contribution in [0, 0.1) is 0 Å². The van der Waals surface area contributed by atoms with Gasteiger partial charge in [-0.1, -0.05) is 30.3 Å². The highest BCUT2D eigenvalue weighted by Gasteiger charge is 2.52. The highest BCUT2D eigenvalue weighted by Crippen LogP contribution is 2.43. The van der Waals surface area contributed by atoms with Crippen LogP contribution in [0.5, 0.6) is 0 Å². The van der Waals surface area contributed by atoms with Crippen LogP contribution in [0.15, 0.2) is 30.3 Å². The van der Waals surface area contributed by atoms with Gasteiger partial charge in [0.25, 0.3) is 0 Å². The maximum atomic E-state index is 12.4. The van der Waals surface area contributed by atoms with Gasteiger partial charge in [-0.2, -0.15) is 4.31 Å². The van der Waals surface area contributed by atoms with E-state index in [1.165, 1.54) is 0 Å². The molecule has 2 heterocycles. The molecule has 104 valence electrons. The minimum absolute atomic E-state index is 0.300. The Morgan fingerprint density at radius 2 is 1.74 bits per heavy atom. The zero-order valence-electron chi connectivity index (χ0n) is 10.9. The Hall–Kier alpha value is -0.950. The molecular formula is C13H18N2O3S. The fraction of sp³-hybridized carbons (Fsp3) is 0.538. The van der Waals surface area contributed by atoms with Crippen molar-refractivity contribution in [3.05, 3.63) is 35.9 Å². The average molecular weight is 282 g/mol. The SMILES string of the molecule is CN1CCN(S(=O)(=O)C2OC2c2ccccc2)CC1. The zero-order valence-corrected chi connectivity index (χ0v) is 11.7. The summed E-state index contributed by atoms with van der Waals surface area (Å²) < 4.78 is 31.8. The zero-order chi connectivity index (χ0) is 13.5. The molecule has 0 amide bonds. The number of hydrogen-bond acceptors (Lipinski definition) is 4. The number of likely N-dealkylation sites (N-methyl/N-ethyl adjacent to an activating group) is 1. The summed E-state index contributed by atoms with van der Waals surface area (Å²) in [6, 6.07) is 9.53. The van der Waals surface area contributed by atoms with E-state index in [1.807, 2.05) is 37.4 Å². The van der Waals surface area contributed by atoms with E-state index < -0.39 is 15.5 Å². The van der Waals surface area contributed by atoms with Crippen LogP contribution in [0.1, 0.15) is 11.7 Å². The molecule has 19 heavy (non-hydrogen) atoms. The lowest BCUT2D eigenvalue weighted by atomic mass is 10.2. The van der Waals surface area contributed by atoms with Crippen LogP contribution in [0.4, 0.5) is 0 Å². The number of hydrogen-bond donors (Lipinski definition) is 0. The first-order valence-electron chi connectivity index (χ1n) is 6.47. The van der Waals surface area contributed by atoms with Crippen LogP contribution < -0.4 is 0 Å². The highest BCUT2D eigenvalue weighted by molar-refractivity contribution is 7.89. The molecule has 2 fully saturated rings. The van der Waals surface area contributed by atoms with Gasteiger partial charge in [0.2, 0.25) is 15.5 Å². The summed E-state index contributed by atoms with van der Waals surface area (Å²) in [5.74, 6) is 0. The van der Waals surface area contributed by atoms with Crippen molar-refractivity contribution >= 4 is 10.0 Å². The van der Waals surface area contributed by atoms with Gasteiger partial charge in [-0.15, -0.1) is 0 Å². The maximum absolute atomic E-state index is 12.4. The van der Waals surface area contributed by atoms with Crippen molar-refractivity contribution in [1.82, 2.24) is 9.21 Å². The molecule has 0 aliphatic carbocycles. The lowest BCUT2D eigenvalue weighted by Gasteiger charge is -2.31. The Labute approximate surface area is 113 Å². The van der Waals surface area contributed by atoms with Crippen molar-refractivity contribution in [2.24, 2.45) is 0 Å². The van der Waals surface area contributed by atoms with Crippen LogP contribution in [0.3, 0.4) is 0 Å². The van der Waals surface area contributed by atoms with Gasteiger partial charge < -0.3 is 9.64 Å². The number of rotatable bonds is 3. The van der Waals surface area contributed by atoms with Crippen LogP contribution >= 0.6 is 0 Å². The first-order chi connectivity index (χ1) is 9.09. The molecule has 2 atom stereocenters. The molecule has 0 bridgehead atoms. The van der Waals surface area contributed by atoms with E-state index in [-0.39, 0.29) is 6.10 Å². The molecule has 2 aliphatic heterocycles. The van der Waals surface area contributed by atoms with Gasteiger partial charge in [-0.05, 0) is 12.6 Å². The smallest absolute Gasteiger partial charge is 0.244 e. The van der Waals surface area contributed by atoms with Gasteiger partial charge in [-0.25, -0.2) is 8.42 Å². The predicted octanol–water partition coefficient (Wildman–Crippen LogP) is 0.661. The molecule has 0 spiro atoms. The largest absolute Gasteiger partial charge is 0.346 e. The molecule has 2 unspecified atom stereocenters. The van der Waals surface area contributed by atoms with Gasteiger partial charge in [0, 0.05) is 26.2 Å². The number of ether oxygens (including phenoxy) is 1. The number of nitrogens with zero attached hydrogens (tertiary/aromatic N) is 2. The average Bonchev–Trinajstić information content (AvgIpc) is 3.21. The first kappa shape index (κ1) is 13.1. The Kier molecular flexibility index (Phi) is 3.34. The van der Waals surface area contributed by atoms with Crippen LogP contribution in [0.2, 0.25) is 0 Å². The summed E-state index contributed by atoms with van der Waals surface area (Å²) in [4.78, 5) is 2.13. The molecule has 3 rings (SSSR count). The first-order valence-corrected chi connectivity index (χ1v) is 7.97. The van der Waals surface area contributed by atoms with E-state index in [2.05, 4.69) is 4.90 Å². The van der Waals surface area contributed by atoms with E-state index >= 15 is 0 Å². The third-order valence-electron chi connectivity index (χ3n) is 3.70. The molecule has 2 aliphatic rings. The fourth-order valence-corrected chi connectivity index (χ4v) is 4.09. The molecule has 6 heteroatoms. The normalized spacial score (nSPS) is 29.3. The molecule has 0 N–H and O–H groups in total. The van der Waals surface area contributed by atoms with E-state index in [9.17, 15) is 8.42 Å². The van der Waals surface area contributed by atoms with Crippen molar-refractivity contribution in [3.8, 4) is 0 Å². The molecule has 2 saturated heterocycles. The Balaban J connectivity index is 1.70. The second kappa shape index (κ2) is 4.86.